The molecule has 0 aliphatic heterocycles. The van der Waals surface area contributed by atoms with Crippen molar-refractivity contribution in [2.45, 2.75) is 6.92 Å². The van der Waals surface area contributed by atoms with E-state index in [1.165, 1.54) is 13.3 Å². The topological polar surface area (TPSA) is 107 Å². The van der Waals surface area contributed by atoms with Crippen molar-refractivity contribution in [3.05, 3.63) is 30.0 Å². The van der Waals surface area contributed by atoms with Gasteiger partial charge in [0.05, 0.1) is 19.4 Å². The Hall–Kier alpha value is -3.19. The van der Waals surface area contributed by atoms with E-state index in [-0.39, 0.29) is 12.2 Å². The molecule has 21 heavy (non-hydrogen) atoms. The minimum absolute atomic E-state index is 0.0531. The predicted octanol–water partition coefficient (Wildman–Crippen LogP) is 2.61. The molecule has 1 aromatic carbocycles. The first-order chi connectivity index (χ1) is 10.1. The molecule has 0 aliphatic rings. The van der Waals surface area contributed by atoms with Crippen molar-refractivity contribution in [1.82, 2.24) is 0 Å². The Morgan fingerprint density at radius 1 is 1.38 bits per heavy atom. The predicted molar refractivity (Wildman–Crippen MR) is 76.6 cm³/mol. The average molecular weight is 286 g/mol. The zero-order valence-corrected chi connectivity index (χ0v) is 11.6. The van der Waals surface area contributed by atoms with Crippen LogP contribution in [0.2, 0.25) is 0 Å². The Balaban J connectivity index is 2.89. The first kappa shape index (κ1) is 15.9. The second kappa shape index (κ2) is 8.08. The van der Waals surface area contributed by atoms with Gasteiger partial charge in [-0.3, -0.25) is 5.32 Å². The highest BCUT2D eigenvalue weighted by molar-refractivity contribution is 5.87. The van der Waals surface area contributed by atoms with Crippen molar-refractivity contribution in [3.8, 4) is 17.9 Å². The molecule has 1 amide bonds. The zero-order valence-electron chi connectivity index (χ0n) is 11.6. The van der Waals surface area contributed by atoms with Gasteiger partial charge in [-0.05, 0) is 19.1 Å². The monoisotopic (exact) mass is 286 g/mol. The summed E-state index contributed by atoms with van der Waals surface area (Å²) in [4.78, 5) is 11.4. The molecule has 0 aromatic heterocycles. The molecule has 0 saturated carbocycles. The third-order valence-electron chi connectivity index (χ3n) is 2.34. The van der Waals surface area contributed by atoms with E-state index in [1.807, 2.05) is 0 Å². The summed E-state index contributed by atoms with van der Waals surface area (Å²) in [6, 6.07) is 8.36. The number of allylic oxidation sites excluding steroid dienone is 1. The molecule has 0 fully saturated rings. The number of methoxy groups -OCH3 is 1. The van der Waals surface area contributed by atoms with Crippen LogP contribution in [0.4, 0.5) is 16.2 Å². The number of nitrogens with zero attached hydrogens (tertiary/aromatic N) is 2. The van der Waals surface area contributed by atoms with Crippen molar-refractivity contribution < 1.29 is 14.3 Å². The lowest BCUT2D eigenvalue weighted by atomic mass is 10.2. The number of carbonyl (C=O) groups excluding carboxylic acids is 1. The number of ether oxygens (including phenoxy) is 2. The van der Waals surface area contributed by atoms with Crippen molar-refractivity contribution in [3.63, 3.8) is 0 Å². The maximum Gasteiger partial charge on any atom is 0.411 e. The number of hydrogen-bond acceptors (Lipinski definition) is 6. The van der Waals surface area contributed by atoms with Crippen molar-refractivity contribution in [1.29, 1.82) is 10.5 Å². The van der Waals surface area contributed by atoms with Gasteiger partial charge in [-0.1, -0.05) is 0 Å². The standard InChI is InChI=1S/C14H14N4O3/c1-3-21-14(19)18-12-5-4-11(6-13(12)20-2)17-9-10(7-15)8-16/h4-6,9,17H,3H2,1-2H3,(H,18,19). The molecule has 0 spiro atoms. The number of carbonyl (C=O) groups is 1. The van der Waals surface area contributed by atoms with Gasteiger partial charge in [-0.2, -0.15) is 10.5 Å². The van der Waals surface area contributed by atoms with Gasteiger partial charge in [0.15, 0.2) is 0 Å². The molecular weight excluding hydrogens is 272 g/mol. The van der Waals surface area contributed by atoms with Crippen LogP contribution < -0.4 is 15.4 Å². The van der Waals surface area contributed by atoms with Crippen LogP contribution in [0.5, 0.6) is 5.75 Å². The molecule has 0 saturated heterocycles. The van der Waals surface area contributed by atoms with Gasteiger partial charge in [0.1, 0.15) is 23.5 Å². The summed E-state index contributed by atoms with van der Waals surface area (Å²) in [7, 11) is 1.46. The van der Waals surface area contributed by atoms with Gasteiger partial charge in [-0.25, -0.2) is 4.79 Å². The van der Waals surface area contributed by atoms with Crippen LogP contribution in [0.15, 0.2) is 30.0 Å². The quantitative estimate of drug-likeness (QED) is 0.805. The summed E-state index contributed by atoms with van der Waals surface area (Å²) in [5, 5.41) is 22.6. The van der Waals surface area contributed by atoms with Gasteiger partial charge < -0.3 is 14.8 Å². The largest absolute Gasteiger partial charge is 0.494 e. The second-order valence-electron chi connectivity index (χ2n) is 3.69. The summed E-state index contributed by atoms with van der Waals surface area (Å²) < 4.78 is 9.94. The molecule has 2 N–H and O–H groups in total. The Kier molecular flexibility index (Phi) is 6.10. The molecule has 1 rings (SSSR count). The Bertz CT molecular complexity index is 610. The van der Waals surface area contributed by atoms with Gasteiger partial charge in [0.2, 0.25) is 0 Å². The lowest BCUT2D eigenvalue weighted by molar-refractivity contribution is 0.168. The highest BCUT2D eigenvalue weighted by Gasteiger charge is 2.08. The number of benzene rings is 1. The van der Waals surface area contributed by atoms with Crippen LogP contribution >= 0.6 is 0 Å². The molecule has 0 unspecified atom stereocenters. The molecule has 108 valence electrons. The smallest absolute Gasteiger partial charge is 0.411 e. The Morgan fingerprint density at radius 3 is 2.67 bits per heavy atom. The third-order valence-corrected chi connectivity index (χ3v) is 2.34. The van der Waals surface area contributed by atoms with Gasteiger partial charge in [-0.15, -0.1) is 0 Å². The third kappa shape index (κ3) is 4.77. The summed E-state index contributed by atoms with van der Waals surface area (Å²) in [6.07, 6.45) is 0.709. The Labute approximate surface area is 122 Å². The number of anilines is 2. The summed E-state index contributed by atoms with van der Waals surface area (Å²) in [5.74, 6) is 0.414. The molecule has 0 radical (unpaired) electrons. The van der Waals surface area contributed by atoms with E-state index in [4.69, 9.17) is 20.0 Å². The molecule has 7 heteroatoms. The number of hydrogen-bond donors (Lipinski definition) is 2. The fourth-order valence-electron chi connectivity index (χ4n) is 1.41. The average Bonchev–Trinajstić information content (AvgIpc) is 2.49. The van der Waals surface area contributed by atoms with Crippen LogP contribution in [-0.4, -0.2) is 19.8 Å². The number of amides is 1. The molecular formula is C14H14N4O3. The van der Waals surface area contributed by atoms with Crippen LogP contribution in [0.3, 0.4) is 0 Å². The van der Waals surface area contributed by atoms with E-state index in [2.05, 4.69) is 10.6 Å². The first-order valence-corrected chi connectivity index (χ1v) is 6.03. The fourth-order valence-corrected chi connectivity index (χ4v) is 1.41. The van der Waals surface area contributed by atoms with Crippen molar-refractivity contribution >= 4 is 17.5 Å². The molecule has 0 bridgehead atoms. The molecule has 1 aromatic rings. The van der Waals surface area contributed by atoms with E-state index in [0.717, 1.165) is 0 Å². The molecule has 0 aliphatic carbocycles. The van der Waals surface area contributed by atoms with Crippen molar-refractivity contribution in [2.24, 2.45) is 0 Å². The van der Waals surface area contributed by atoms with Crippen LogP contribution in [0, 0.1) is 22.7 Å². The minimum atomic E-state index is -0.576. The molecule has 0 heterocycles. The van der Waals surface area contributed by atoms with E-state index in [0.29, 0.717) is 17.1 Å². The minimum Gasteiger partial charge on any atom is -0.494 e. The normalized spacial score (nSPS) is 8.76. The number of rotatable bonds is 5. The Morgan fingerprint density at radius 2 is 2.10 bits per heavy atom. The highest BCUT2D eigenvalue weighted by Crippen LogP contribution is 2.28. The SMILES string of the molecule is CCOC(=O)Nc1ccc(NC=C(C#N)C#N)cc1OC. The summed E-state index contributed by atoms with van der Waals surface area (Å²) in [5.41, 5.74) is 0.998. The van der Waals surface area contributed by atoms with Gasteiger partial charge in [0, 0.05) is 18.0 Å². The van der Waals surface area contributed by atoms with Gasteiger partial charge >= 0.3 is 6.09 Å². The zero-order chi connectivity index (χ0) is 15.7. The van der Waals surface area contributed by atoms with E-state index >= 15 is 0 Å². The number of nitrogens with one attached hydrogen (secondary N) is 2. The fraction of sp³-hybridized carbons (Fsp3) is 0.214. The molecule has 7 nitrogen and oxygen atoms in total. The van der Waals surface area contributed by atoms with Crippen LogP contribution in [-0.2, 0) is 4.74 Å². The second-order valence-corrected chi connectivity index (χ2v) is 3.69. The van der Waals surface area contributed by atoms with Crippen molar-refractivity contribution in [2.75, 3.05) is 24.4 Å². The maximum absolute atomic E-state index is 11.4. The van der Waals surface area contributed by atoms with Gasteiger partial charge in [0.25, 0.3) is 0 Å². The van der Waals surface area contributed by atoms with E-state index in [9.17, 15) is 4.79 Å². The summed E-state index contributed by atoms with van der Waals surface area (Å²) in [6.45, 7) is 1.97. The van der Waals surface area contributed by atoms with Crippen LogP contribution in [0.1, 0.15) is 6.92 Å². The first-order valence-electron chi connectivity index (χ1n) is 6.03. The number of nitriles is 2. The summed E-state index contributed by atoms with van der Waals surface area (Å²) >= 11 is 0. The van der Waals surface area contributed by atoms with E-state index in [1.54, 1.807) is 37.3 Å². The lowest BCUT2D eigenvalue weighted by Crippen LogP contribution is -2.14. The maximum atomic E-state index is 11.4. The van der Waals surface area contributed by atoms with Crippen LogP contribution in [0.25, 0.3) is 0 Å². The highest BCUT2D eigenvalue weighted by atomic mass is 16.5. The van der Waals surface area contributed by atoms with E-state index < -0.39 is 6.09 Å². The molecule has 0 atom stereocenters. The lowest BCUT2D eigenvalue weighted by Gasteiger charge is -2.11.